The highest BCUT2D eigenvalue weighted by Crippen LogP contribution is 2.68. The molecule has 4 fully saturated rings. The third kappa shape index (κ3) is 14.5. The fraction of sp³-hybridized carbons (Fsp3) is 0.956. The van der Waals surface area contributed by atoms with Crippen LogP contribution in [0.3, 0.4) is 0 Å². The number of nitrogens with one attached hydrogen (secondary N) is 1. The number of amides is 1. The predicted octanol–water partition coefficient (Wildman–Crippen LogP) is 9.03. The van der Waals surface area contributed by atoms with E-state index in [4.69, 9.17) is 13.8 Å². The first-order chi connectivity index (χ1) is 27.2. The number of fused-ring (bicyclic) bond motifs is 5. The highest BCUT2D eigenvalue weighted by molar-refractivity contribution is 7.47. The van der Waals surface area contributed by atoms with Gasteiger partial charge in [-0.05, 0) is 111 Å². The monoisotopic (exact) mass is 828 g/mol. The van der Waals surface area contributed by atoms with Crippen LogP contribution in [0.15, 0.2) is 0 Å². The van der Waals surface area contributed by atoms with Crippen LogP contribution in [-0.4, -0.2) is 76.8 Å². The number of phosphoric ester groups is 1. The van der Waals surface area contributed by atoms with E-state index in [9.17, 15) is 34.4 Å². The van der Waals surface area contributed by atoms with Gasteiger partial charge < -0.3 is 30.3 Å². The topological polar surface area (TPSA) is 172 Å². The molecule has 2 unspecified atom stereocenters. The fourth-order valence-corrected chi connectivity index (χ4v) is 12.7. The Kier molecular flexibility index (Phi) is 20.3. The molecule has 1 amide bonds. The standard InChI is InChI=1S/C45H82NO10P/c1-5-6-7-8-9-10-11-12-13-14-15-16-17-18-42(51)54-31-36(48)32-56-57(52,53)55-28-27-46-41(50)22-19-33(2)37-20-21-38-43-39(24-26-45(37,38)4)44(3)25-23-35(47)29-34(44)30-40(43)49/h33-40,43,47-49H,5-32H2,1-4H3,(H,46,50)(H,52,53)/t33-,34+,35-,36?,37-,38+,39+,40+,43+,44+,45-/m1/s1. The van der Waals surface area contributed by atoms with E-state index in [2.05, 4.69) is 33.0 Å². The summed E-state index contributed by atoms with van der Waals surface area (Å²) in [5.41, 5.74) is 0.348. The maximum atomic E-state index is 12.7. The summed E-state index contributed by atoms with van der Waals surface area (Å²) in [6, 6.07) is 0. The Bertz CT molecular complexity index is 1250. The molecule has 0 aliphatic heterocycles. The van der Waals surface area contributed by atoms with Gasteiger partial charge in [-0.1, -0.05) is 105 Å². The van der Waals surface area contributed by atoms with Crippen molar-refractivity contribution in [1.82, 2.24) is 5.32 Å². The quantitative estimate of drug-likeness (QED) is 0.0306. The molecular weight excluding hydrogens is 745 g/mol. The molecule has 0 saturated heterocycles. The molecule has 5 N–H and O–H groups in total. The van der Waals surface area contributed by atoms with Crippen molar-refractivity contribution in [3.63, 3.8) is 0 Å². The molecule has 4 rings (SSSR count). The van der Waals surface area contributed by atoms with Crippen LogP contribution in [0.2, 0.25) is 0 Å². The highest BCUT2D eigenvalue weighted by atomic mass is 31.2. The summed E-state index contributed by atoms with van der Waals surface area (Å²) in [4.78, 5) is 34.8. The van der Waals surface area contributed by atoms with E-state index in [-0.39, 0.29) is 55.1 Å². The van der Waals surface area contributed by atoms with Crippen LogP contribution in [-0.2, 0) is 27.9 Å². The Balaban J connectivity index is 1.02. The van der Waals surface area contributed by atoms with Gasteiger partial charge in [-0.2, -0.15) is 0 Å². The first-order valence-corrected chi connectivity index (χ1v) is 24.8. The van der Waals surface area contributed by atoms with Gasteiger partial charge in [0.2, 0.25) is 5.91 Å². The number of aliphatic hydroxyl groups is 3. The number of rotatable bonds is 27. The number of aliphatic hydroxyl groups excluding tert-OH is 3. The first-order valence-electron chi connectivity index (χ1n) is 23.3. The average molecular weight is 828 g/mol. The van der Waals surface area contributed by atoms with Crippen molar-refractivity contribution < 1.29 is 48.2 Å². The van der Waals surface area contributed by atoms with Gasteiger partial charge in [0.15, 0.2) is 0 Å². The van der Waals surface area contributed by atoms with Gasteiger partial charge in [-0.15, -0.1) is 0 Å². The molecule has 0 bridgehead atoms. The van der Waals surface area contributed by atoms with Gasteiger partial charge in [0, 0.05) is 19.4 Å². The SMILES string of the molecule is CCCCCCCCCCCCCCCC(=O)OCC(O)COP(=O)(O)OCCNC(=O)CC[C@@H](C)[C@H]1CC[C@H]2[C@@H]3[C@@H](O)C[C@@H]4C[C@H](O)CC[C@]4(C)[C@H]3CC[C@]12C. The van der Waals surface area contributed by atoms with Gasteiger partial charge in [-0.25, -0.2) is 4.57 Å². The van der Waals surface area contributed by atoms with E-state index < -0.39 is 26.5 Å². The molecule has 4 saturated carbocycles. The first kappa shape index (κ1) is 48.6. The Morgan fingerprint density at radius 2 is 1.40 bits per heavy atom. The van der Waals surface area contributed by atoms with Crippen LogP contribution in [0.4, 0.5) is 0 Å². The zero-order valence-electron chi connectivity index (χ0n) is 36.2. The van der Waals surface area contributed by atoms with Crippen molar-refractivity contribution in [1.29, 1.82) is 0 Å². The minimum Gasteiger partial charge on any atom is -0.463 e. The van der Waals surface area contributed by atoms with E-state index >= 15 is 0 Å². The second-order valence-electron chi connectivity index (χ2n) is 19.2. The molecular formula is C45H82NO10P. The van der Waals surface area contributed by atoms with Crippen LogP contribution in [0.25, 0.3) is 0 Å². The second-order valence-corrected chi connectivity index (χ2v) is 20.7. The lowest BCUT2D eigenvalue weighted by atomic mass is 9.43. The maximum Gasteiger partial charge on any atom is 0.472 e. The normalized spacial score (nSPS) is 33.0. The van der Waals surface area contributed by atoms with E-state index in [0.29, 0.717) is 41.9 Å². The van der Waals surface area contributed by atoms with Crippen molar-refractivity contribution in [3.8, 4) is 0 Å². The molecule has 332 valence electrons. The molecule has 0 heterocycles. The van der Waals surface area contributed by atoms with Gasteiger partial charge in [0.05, 0.1) is 25.4 Å². The third-order valence-electron chi connectivity index (χ3n) is 15.3. The van der Waals surface area contributed by atoms with E-state index in [1.165, 1.54) is 64.2 Å². The number of ether oxygens (including phenoxy) is 1. The zero-order chi connectivity index (χ0) is 41.5. The molecule has 0 aromatic rings. The number of esters is 1. The smallest absolute Gasteiger partial charge is 0.463 e. The molecule has 0 spiro atoms. The van der Waals surface area contributed by atoms with E-state index in [1.807, 2.05) is 0 Å². The second kappa shape index (κ2) is 23.8. The number of phosphoric acid groups is 1. The van der Waals surface area contributed by atoms with Gasteiger partial charge in [0.1, 0.15) is 12.7 Å². The van der Waals surface area contributed by atoms with E-state index in [0.717, 1.165) is 77.0 Å². The third-order valence-corrected chi connectivity index (χ3v) is 16.3. The Morgan fingerprint density at radius 1 is 0.789 bits per heavy atom. The molecule has 12 atom stereocenters. The average Bonchev–Trinajstić information content (AvgIpc) is 3.53. The number of carbonyl (C=O) groups is 2. The number of carbonyl (C=O) groups excluding carboxylic acids is 2. The molecule has 12 heteroatoms. The molecule has 0 aromatic heterocycles. The minimum atomic E-state index is -4.48. The van der Waals surface area contributed by atoms with Gasteiger partial charge in [0.25, 0.3) is 0 Å². The highest BCUT2D eigenvalue weighted by Gasteiger charge is 2.62. The van der Waals surface area contributed by atoms with Crippen molar-refractivity contribution in [2.24, 2.45) is 46.3 Å². The van der Waals surface area contributed by atoms with E-state index in [1.54, 1.807) is 0 Å². The summed E-state index contributed by atoms with van der Waals surface area (Å²) in [5.74, 6) is 2.01. The molecule has 0 radical (unpaired) electrons. The lowest BCUT2D eigenvalue weighted by Gasteiger charge is -2.62. The van der Waals surface area contributed by atoms with Gasteiger partial charge in [-0.3, -0.25) is 18.6 Å². The summed E-state index contributed by atoms with van der Waals surface area (Å²) in [6.07, 6.45) is 23.5. The summed E-state index contributed by atoms with van der Waals surface area (Å²) in [7, 11) is -4.48. The summed E-state index contributed by atoms with van der Waals surface area (Å²) < 4.78 is 27.3. The Hall–Kier alpha value is -1.07. The van der Waals surface area contributed by atoms with Crippen molar-refractivity contribution in [2.45, 2.75) is 200 Å². The predicted molar refractivity (Wildman–Crippen MR) is 223 cm³/mol. The van der Waals surface area contributed by atoms with Gasteiger partial charge >= 0.3 is 13.8 Å². The van der Waals surface area contributed by atoms with Crippen LogP contribution in [0, 0.1) is 46.3 Å². The summed E-state index contributed by atoms with van der Waals surface area (Å²) in [5, 5.41) is 34.8. The number of hydrogen-bond donors (Lipinski definition) is 5. The van der Waals surface area contributed by atoms with Crippen LogP contribution in [0.1, 0.15) is 182 Å². The summed E-state index contributed by atoms with van der Waals surface area (Å²) in [6.45, 7) is 8.32. The zero-order valence-corrected chi connectivity index (χ0v) is 37.1. The molecule has 0 aromatic carbocycles. The molecule has 4 aliphatic rings. The fourth-order valence-electron chi connectivity index (χ4n) is 12.0. The molecule has 11 nitrogen and oxygen atoms in total. The number of unbranched alkanes of at least 4 members (excludes halogenated alkanes) is 12. The minimum absolute atomic E-state index is 0.0431. The Morgan fingerprint density at radius 3 is 2.07 bits per heavy atom. The Labute approximate surface area is 345 Å². The molecule has 57 heavy (non-hydrogen) atoms. The number of hydrogen-bond acceptors (Lipinski definition) is 9. The summed E-state index contributed by atoms with van der Waals surface area (Å²) >= 11 is 0. The van der Waals surface area contributed by atoms with Crippen LogP contribution >= 0.6 is 7.82 Å². The van der Waals surface area contributed by atoms with Crippen molar-refractivity contribution in [2.75, 3.05) is 26.4 Å². The molecule has 4 aliphatic carbocycles. The van der Waals surface area contributed by atoms with Crippen LogP contribution < -0.4 is 5.32 Å². The lowest BCUT2D eigenvalue weighted by Crippen LogP contribution is -2.58. The largest absolute Gasteiger partial charge is 0.472 e. The maximum absolute atomic E-state index is 12.7. The van der Waals surface area contributed by atoms with Crippen molar-refractivity contribution in [3.05, 3.63) is 0 Å². The van der Waals surface area contributed by atoms with Crippen molar-refractivity contribution >= 4 is 19.7 Å². The van der Waals surface area contributed by atoms with Crippen LogP contribution in [0.5, 0.6) is 0 Å². The lowest BCUT2D eigenvalue weighted by molar-refractivity contribution is -0.174.